The van der Waals surface area contributed by atoms with E-state index in [-0.39, 0.29) is 17.2 Å². The van der Waals surface area contributed by atoms with Crippen LogP contribution in [-0.4, -0.2) is 22.8 Å². The standard InChI is InChI=1S/C22H18BrN3O5/c1-14(21(27)24-17-7-5-16(23)6-8-17)31-20-11-9-18(10-12-20)25-22(28)15-3-2-4-19(13-15)26(29)30/h2-14H,1H3,(H,24,27)(H,25,28). The van der Waals surface area contributed by atoms with Gasteiger partial charge in [0.25, 0.3) is 17.5 Å². The lowest BCUT2D eigenvalue weighted by atomic mass is 10.2. The molecule has 3 aromatic carbocycles. The SMILES string of the molecule is CC(Oc1ccc(NC(=O)c2cccc([N+](=O)[O-])c2)cc1)C(=O)Nc1ccc(Br)cc1. The normalized spacial score (nSPS) is 11.3. The number of nitro benzene ring substituents is 1. The van der Waals surface area contributed by atoms with E-state index in [2.05, 4.69) is 26.6 Å². The summed E-state index contributed by atoms with van der Waals surface area (Å²) in [5.41, 5.74) is 1.15. The maximum atomic E-state index is 12.3. The molecule has 0 aliphatic rings. The summed E-state index contributed by atoms with van der Waals surface area (Å²) in [4.78, 5) is 34.9. The van der Waals surface area contributed by atoms with E-state index in [0.29, 0.717) is 17.1 Å². The molecule has 0 aliphatic carbocycles. The van der Waals surface area contributed by atoms with Crippen LogP contribution in [0.2, 0.25) is 0 Å². The third-order valence-electron chi connectivity index (χ3n) is 4.23. The fourth-order valence-electron chi connectivity index (χ4n) is 2.62. The van der Waals surface area contributed by atoms with E-state index < -0.39 is 16.9 Å². The van der Waals surface area contributed by atoms with Crippen LogP contribution in [0.3, 0.4) is 0 Å². The number of halogens is 1. The fraction of sp³-hybridized carbons (Fsp3) is 0.0909. The molecule has 31 heavy (non-hydrogen) atoms. The largest absolute Gasteiger partial charge is 0.481 e. The van der Waals surface area contributed by atoms with Gasteiger partial charge in [0.1, 0.15) is 5.75 Å². The number of carbonyl (C=O) groups excluding carboxylic acids is 2. The number of benzene rings is 3. The molecular formula is C22H18BrN3O5. The first-order chi connectivity index (χ1) is 14.8. The number of amides is 2. The molecule has 0 fully saturated rings. The van der Waals surface area contributed by atoms with Gasteiger partial charge in [0.05, 0.1) is 4.92 Å². The van der Waals surface area contributed by atoms with Crippen molar-refractivity contribution in [2.75, 3.05) is 10.6 Å². The van der Waals surface area contributed by atoms with E-state index in [0.717, 1.165) is 4.47 Å². The lowest BCUT2D eigenvalue weighted by Crippen LogP contribution is -2.30. The second kappa shape index (κ2) is 9.86. The van der Waals surface area contributed by atoms with E-state index in [4.69, 9.17) is 4.74 Å². The number of nitro groups is 1. The molecule has 2 amide bonds. The van der Waals surface area contributed by atoms with Gasteiger partial charge in [-0.05, 0) is 61.5 Å². The minimum Gasteiger partial charge on any atom is -0.481 e. The maximum absolute atomic E-state index is 12.3. The summed E-state index contributed by atoms with van der Waals surface area (Å²) in [5.74, 6) is -0.322. The summed E-state index contributed by atoms with van der Waals surface area (Å²) >= 11 is 3.34. The Morgan fingerprint density at radius 1 is 0.968 bits per heavy atom. The van der Waals surface area contributed by atoms with Gasteiger partial charge in [0, 0.05) is 33.5 Å². The van der Waals surface area contributed by atoms with Crippen LogP contribution in [0.4, 0.5) is 17.1 Å². The number of nitrogens with one attached hydrogen (secondary N) is 2. The van der Waals surface area contributed by atoms with Gasteiger partial charge in [-0.25, -0.2) is 0 Å². The van der Waals surface area contributed by atoms with E-state index in [1.54, 1.807) is 43.3 Å². The molecule has 0 spiro atoms. The molecule has 0 bridgehead atoms. The minimum atomic E-state index is -0.742. The van der Waals surface area contributed by atoms with Crippen molar-refractivity contribution in [3.05, 3.63) is 92.9 Å². The zero-order chi connectivity index (χ0) is 22.4. The molecule has 9 heteroatoms. The highest BCUT2D eigenvalue weighted by Crippen LogP contribution is 2.20. The number of hydrogen-bond acceptors (Lipinski definition) is 5. The molecule has 1 unspecified atom stereocenters. The van der Waals surface area contributed by atoms with E-state index in [1.807, 2.05) is 12.1 Å². The monoisotopic (exact) mass is 483 g/mol. The van der Waals surface area contributed by atoms with Crippen LogP contribution in [-0.2, 0) is 4.79 Å². The first kappa shape index (κ1) is 22.0. The third kappa shape index (κ3) is 6.13. The van der Waals surface area contributed by atoms with Crippen LogP contribution in [0.1, 0.15) is 17.3 Å². The van der Waals surface area contributed by atoms with Gasteiger partial charge in [-0.1, -0.05) is 22.0 Å². The Morgan fingerprint density at radius 2 is 1.58 bits per heavy atom. The first-order valence-corrected chi connectivity index (χ1v) is 10.00. The third-order valence-corrected chi connectivity index (χ3v) is 4.75. The van der Waals surface area contributed by atoms with Crippen molar-refractivity contribution < 1.29 is 19.2 Å². The summed E-state index contributed by atoms with van der Waals surface area (Å²) in [7, 11) is 0. The molecular weight excluding hydrogens is 466 g/mol. The van der Waals surface area contributed by atoms with Crippen LogP contribution in [0, 0.1) is 10.1 Å². The molecule has 0 heterocycles. The molecule has 0 aliphatic heterocycles. The summed E-state index contributed by atoms with van der Waals surface area (Å²) in [6.07, 6.45) is -0.742. The number of nitrogens with zero attached hydrogens (tertiary/aromatic N) is 1. The molecule has 8 nitrogen and oxygen atoms in total. The van der Waals surface area contributed by atoms with Crippen molar-refractivity contribution in [1.82, 2.24) is 0 Å². The molecule has 0 saturated carbocycles. The number of rotatable bonds is 7. The second-order valence-corrected chi connectivity index (χ2v) is 7.46. The summed E-state index contributed by atoms with van der Waals surface area (Å²) in [5, 5.41) is 16.3. The number of non-ortho nitro benzene ring substituents is 1. The van der Waals surface area contributed by atoms with Crippen molar-refractivity contribution in [1.29, 1.82) is 0 Å². The topological polar surface area (TPSA) is 111 Å². The van der Waals surface area contributed by atoms with E-state index in [9.17, 15) is 19.7 Å². The molecule has 3 rings (SSSR count). The fourth-order valence-corrected chi connectivity index (χ4v) is 2.88. The average molecular weight is 484 g/mol. The molecule has 158 valence electrons. The van der Waals surface area contributed by atoms with Crippen LogP contribution >= 0.6 is 15.9 Å². The molecule has 3 aromatic rings. The highest BCUT2D eigenvalue weighted by molar-refractivity contribution is 9.10. The Balaban J connectivity index is 1.57. The Labute approximate surface area is 186 Å². The molecule has 0 aromatic heterocycles. The Morgan fingerprint density at radius 3 is 2.23 bits per heavy atom. The lowest BCUT2D eigenvalue weighted by molar-refractivity contribution is -0.384. The predicted octanol–water partition coefficient (Wildman–Crippen LogP) is 5.02. The molecule has 0 radical (unpaired) electrons. The molecule has 0 saturated heterocycles. The smallest absolute Gasteiger partial charge is 0.270 e. The van der Waals surface area contributed by atoms with Gasteiger partial charge in [-0.15, -0.1) is 0 Å². The Kier molecular flexibility index (Phi) is 6.99. The number of anilines is 2. The van der Waals surface area contributed by atoms with Gasteiger partial charge in [-0.2, -0.15) is 0 Å². The van der Waals surface area contributed by atoms with Crippen LogP contribution in [0.5, 0.6) is 5.75 Å². The molecule has 2 N–H and O–H groups in total. The second-order valence-electron chi connectivity index (χ2n) is 6.54. The van der Waals surface area contributed by atoms with Crippen molar-refractivity contribution in [3.63, 3.8) is 0 Å². The zero-order valence-corrected chi connectivity index (χ0v) is 18.0. The zero-order valence-electron chi connectivity index (χ0n) is 16.4. The molecule has 1 atom stereocenters. The van der Waals surface area contributed by atoms with Crippen molar-refractivity contribution in [3.8, 4) is 5.75 Å². The van der Waals surface area contributed by atoms with Crippen molar-refractivity contribution in [2.45, 2.75) is 13.0 Å². The van der Waals surface area contributed by atoms with Crippen LogP contribution in [0.25, 0.3) is 0 Å². The summed E-state index contributed by atoms with van der Waals surface area (Å²) in [6, 6.07) is 19.1. The Bertz CT molecular complexity index is 1100. The summed E-state index contributed by atoms with van der Waals surface area (Å²) in [6.45, 7) is 1.63. The van der Waals surface area contributed by atoms with Crippen molar-refractivity contribution in [2.24, 2.45) is 0 Å². The van der Waals surface area contributed by atoms with Gasteiger partial charge in [-0.3, -0.25) is 19.7 Å². The maximum Gasteiger partial charge on any atom is 0.270 e. The quantitative estimate of drug-likeness (QED) is 0.362. The van der Waals surface area contributed by atoms with Crippen LogP contribution < -0.4 is 15.4 Å². The number of carbonyl (C=O) groups is 2. The van der Waals surface area contributed by atoms with E-state index >= 15 is 0 Å². The average Bonchev–Trinajstić information content (AvgIpc) is 2.76. The number of ether oxygens (including phenoxy) is 1. The highest BCUT2D eigenvalue weighted by atomic mass is 79.9. The lowest BCUT2D eigenvalue weighted by Gasteiger charge is -2.15. The van der Waals surface area contributed by atoms with Gasteiger partial charge in [0.15, 0.2) is 6.10 Å². The van der Waals surface area contributed by atoms with E-state index in [1.165, 1.54) is 24.3 Å². The van der Waals surface area contributed by atoms with Gasteiger partial charge in [0.2, 0.25) is 0 Å². The Hall–Kier alpha value is -3.72. The predicted molar refractivity (Wildman–Crippen MR) is 120 cm³/mol. The minimum absolute atomic E-state index is 0.160. The number of hydrogen-bond donors (Lipinski definition) is 2. The van der Waals surface area contributed by atoms with Gasteiger partial charge < -0.3 is 15.4 Å². The van der Waals surface area contributed by atoms with Crippen molar-refractivity contribution >= 4 is 44.8 Å². The van der Waals surface area contributed by atoms with Crippen LogP contribution in [0.15, 0.2) is 77.3 Å². The first-order valence-electron chi connectivity index (χ1n) is 9.21. The highest BCUT2D eigenvalue weighted by Gasteiger charge is 2.15. The summed E-state index contributed by atoms with van der Waals surface area (Å²) < 4.78 is 6.56. The van der Waals surface area contributed by atoms with Gasteiger partial charge >= 0.3 is 0 Å².